The van der Waals surface area contributed by atoms with Crippen LogP contribution in [0.25, 0.3) is 22.3 Å². The van der Waals surface area contributed by atoms with Crippen molar-refractivity contribution in [3.8, 4) is 11.3 Å². The Bertz CT molecular complexity index is 1220. The van der Waals surface area contributed by atoms with Crippen LogP contribution in [0.2, 0.25) is 0 Å². The summed E-state index contributed by atoms with van der Waals surface area (Å²) in [5, 5.41) is 7.04. The molecule has 0 radical (unpaired) electrons. The standard InChI is InChI=1S/C21H25N7O3S/c29-21(28-7-5-22-6-8-28)25-16-3-1-15(2-4-16)18-13-17-19(26-18)23-14-24-20(17)27-9-11-32(30,31)12-10-27/h1-4,13-14,22H,5-12H2,(H,25,29)(H,23,24,26). The number of fused-ring (bicyclic) bond motifs is 1. The van der Waals surface area contributed by atoms with E-state index in [9.17, 15) is 13.2 Å². The molecular weight excluding hydrogens is 430 g/mol. The topological polar surface area (TPSA) is 123 Å². The Balaban J connectivity index is 1.34. The van der Waals surface area contributed by atoms with Gasteiger partial charge in [0.2, 0.25) is 0 Å². The van der Waals surface area contributed by atoms with E-state index in [1.54, 1.807) is 4.90 Å². The van der Waals surface area contributed by atoms with E-state index in [4.69, 9.17) is 0 Å². The second-order valence-corrected chi connectivity index (χ2v) is 10.3. The van der Waals surface area contributed by atoms with Gasteiger partial charge in [0.25, 0.3) is 0 Å². The molecule has 0 saturated carbocycles. The molecule has 0 bridgehead atoms. The molecule has 3 N–H and O–H groups in total. The predicted octanol–water partition coefficient (Wildman–Crippen LogP) is 1.30. The van der Waals surface area contributed by atoms with Gasteiger partial charge in [-0.25, -0.2) is 23.2 Å². The van der Waals surface area contributed by atoms with Crippen LogP contribution in [0.4, 0.5) is 16.3 Å². The van der Waals surface area contributed by atoms with Crippen LogP contribution in [0.1, 0.15) is 0 Å². The smallest absolute Gasteiger partial charge is 0.321 e. The molecule has 2 aromatic heterocycles. The SMILES string of the molecule is O=C(Nc1ccc(-c2cc3c(N4CCS(=O)(=O)CC4)ncnc3[nH]2)cc1)N1CCNCC1. The number of aromatic amines is 1. The summed E-state index contributed by atoms with van der Waals surface area (Å²) in [5.41, 5.74) is 3.28. The first kappa shape index (κ1) is 20.7. The van der Waals surface area contributed by atoms with Gasteiger partial charge in [0, 0.05) is 50.6 Å². The van der Waals surface area contributed by atoms with Crippen molar-refractivity contribution in [2.24, 2.45) is 0 Å². The fourth-order valence-corrected chi connectivity index (χ4v) is 5.26. The van der Waals surface area contributed by atoms with E-state index >= 15 is 0 Å². The molecule has 2 aliphatic heterocycles. The fraction of sp³-hybridized carbons (Fsp3) is 0.381. The lowest BCUT2D eigenvalue weighted by molar-refractivity contribution is 0.204. The van der Waals surface area contributed by atoms with E-state index in [2.05, 4.69) is 25.6 Å². The average Bonchev–Trinajstić information content (AvgIpc) is 3.25. The Labute approximate surface area is 185 Å². The Morgan fingerprint density at radius 2 is 1.72 bits per heavy atom. The lowest BCUT2D eigenvalue weighted by Crippen LogP contribution is -2.48. The third-order valence-corrected chi connectivity index (χ3v) is 7.51. The zero-order valence-corrected chi connectivity index (χ0v) is 18.4. The second-order valence-electron chi connectivity index (χ2n) is 8.03. The van der Waals surface area contributed by atoms with Gasteiger partial charge in [0.05, 0.1) is 16.9 Å². The number of rotatable bonds is 3. The molecule has 0 unspecified atom stereocenters. The maximum absolute atomic E-state index is 12.4. The van der Waals surface area contributed by atoms with E-state index in [0.717, 1.165) is 41.2 Å². The highest BCUT2D eigenvalue weighted by molar-refractivity contribution is 7.91. The Kier molecular flexibility index (Phi) is 5.43. The monoisotopic (exact) mass is 455 g/mol. The van der Waals surface area contributed by atoms with Gasteiger partial charge < -0.3 is 25.4 Å². The zero-order chi connectivity index (χ0) is 22.1. The van der Waals surface area contributed by atoms with Crippen molar-refractivity contribution in [3.05, 3.63) is 36.7 Å². The summed E-state index contributed by atoms with van der Waals surface area (Å²) in [6, 6.07) is 9.54. The Morgan fingerprint density at radius 3 is 2.44 bits per heavy atom. The van der Waals surface area contributed by atoms with Gasteiger partial charge in [-0.3, -0.25) is 0 Å². The molecule has 0 aliphatic carbocycles. The number of carbonyl (C=O) groups is 1. The number of anilines is 2. The molecular formula is C21H25N7O3S. The molecule has 1 aromatic carbocycles. The minimum atomic E-state index is -2.96. The Morgan fingerprint density at radius 1 is 1.00 bits per heavy atom. The van der Waals surface area contributed by atoms with Gasteiger partial charge in [-0.1, -0.05) is 12.1 Å². The fourth-order valence-electron chi connectivity index (χ4n) is 4.06. The van der Waals surface area contributed by atoms with Crippen molar-refractivity contribution in [1.29, 1.82) is 0 Å². The molecule has 5 rings (SSSR count). The zero-order valence-electron chi connectivity index (χ0n) is 17.5. The van der Waals surface area contributed by atoms with Crippen LogP contribution >= 0.6 is 0 Å². The van der Waals surface area contributed by atoms with Crippen LogP contribution < -0.4 is 15.5 Å². The third kappa shape index (κ3) is 4.26. The number of benzene rings is 1. The van der Waals surface area contributed by atoms with Crippen LogP contribution in [0.5, 0.6) is 0 Å². The molecule has 10 nitrogen and oxygen atoms in total. The summed E-state index contributed by atoms with van der Waals surface area (Å²) < 4.78 is 23.5. The van der Waals surface area contributed by atoms with E-state index in [1.165, 1.54) is 6.33 Å². The quantitative estimate of drug-likeness (QED) is 0.544. The first-order valence-corrected chi connectivity index (χ1v) is 12.5. The Hall–Kier alpha value is -3.18. The van der Waals surface area contributed by atoms with Gasteiger partial charge in [-0.05, 0) is 23.8 Å². The van der Waals surface area contributed by atoms with E-state index in [-0.39, 0.29) is 17.5 Å². The number of hydrogen-bond acceptors (Lipinski definition) is 7. The number of nitrogens with zero attached hydrogens (tertiary/aromatic N) is 4. The third-order valence-electron chi connectivity index (χ3n) is 5.90. The number of carbonyl (C=O) groups excluding carboxylic acids is 1. The lowest BCUT2D eigenvalue weighted by Gasteiger charge is -2.27. The van der Waals surface area contributed by atoms with Crippen molar-refractivity contribution < 1.29 is 13.2 Å². The van der Waals surface area contributed by atoms with Gasteiger partial charge in [-0.2, -0.15) is 0 Å². The van der Waals surface area contributed by atoms with E-state index in [0.29, 0.717) is 31.8 Å². The maximum atomic E-state index is 12.4. The molecule has 32 heavy (non-hydrogen) atoms. The molecule has 2 aliphatic rings. The van der Waals surface area contributed by atoms with Gasteiger partial charge in [0.1, 0.15) is 17.8 Å². The minimum Gasteiger partial charge on any atom is -0.354 e. The average molecular weight is 456 g/mol. The van der Waals surface area contributed by atoms with Crippen molar-refractivity contribution in [2.75, 3.05) is 61.0 Å². The number of hydrogen-bond donors (Lipinski definition) is 3. The highest BCUT2D eigenvalue weighted by Gasteiger charge is 2.24. The lowest BCUT2D eigenvalue weighted by atomic mass is 10.1. The highest BCUT2D eigenvalue weighted by Crippen LogP contribution is 2.30. The van der Waals surface area contributed by atoms with Crippen LogP contribution in [0, 0.1) is 0 Å². The number of urea groups is 1. The van der Waals surface area contributed by atoms with Crippen LogP contribution in [-0.4, -0.2) is 85.1 Å². The van der Waals surface area contributed by atoms with Crippen molar-refractivity contribution in [1.82, 2.24) is 25.2 Å². The molecule has 2 saturated heterocycles. The predicted molar refractivity (Wildman–Crippen MR) is 124 cm³/mol. The summed E-state index contributed by atoms with van der Waals surface area (Å²) >= 11 is 0. The van der Waals surface area contributed by atoms with Crippen molar-refractivity contribution >= 4 is 38.4 Å². The molecule has 2 fully saturated rings. The molecule has 168 valence electrons. The summed E-state index contributed by atoms with van der Waals surface area (Å²) in [6.45, 7) is 3.87. The summed E-state index contributed by atoms with van der Waals surface area (Å²) in [4.78, 5) is 28.3. The first-order chi connectivity index (χ1) is 15.5. The van der Waals surface area contributed by atoms with Gasteiger partial charge >= 0.3 is 6.03 Å². The second kappa shape index (κ2) is 8.40. The van der Waals surface area contributed by atoms with Crippen LogP contribution in [-0.2, 0) is 9.84 Å². The molecule has 11 heteroatoms. The van der Waals surface area contributed by atoms with E-state index < -0.39 is 9.84 Å². The number of amides is 2. The van der Waals surface area contributed by atoms with Crippen LogP contribution in [0.3, 0.4) is 0 Å². The molecule has 0 atom stereocenters. The molecule has 2 amide bonds. The largest absolute Gasteiger partial charge is 0.354 e. The van der Waals surface area contributed by atoms with Gasteiger partial charge in [0.15, 0.2) is 9.84 Å². The normalized spacial score (nSPS) is 18.6. The number of H-pyrrole nitrogens is 1. The maximum Gasteiger partial charge on any atom is 0.321 e. The molecule has 3 aromatic rings. The minimum absolute atomic E-state index is 0.0895. The molecule has 0 spiro atoms. The summed E-state index contributed by atoms with van der Waals surface area (Å²) in [5.74, 6) is 1.01. The first-order valence-electron chi connectivity index (χ1n) is 10.6. The van der Waals surface area contributed by atoms with Crippen molar-refractivity contribution in [3.63, 3.8) is 0 Å². The number of sulfone groups is 1. The van der Waals surface area contributed by atoms with Crippen molar-refractivity contribution in [2.45, 2.75) is 0 Å². The summed E-state index contributed by atoms with van der Waals surface area (Å²) in [7, 11) is -2.96. The number of aromatic nitrogens is 3. The molecule has 4 heterocycles. The van der Waals surface area contributed by atoms with Gasteiger partial charge in [-0.15, -0.1) is 0 Å². The number of nitrogens with one attached hydrogen (secondary N) is 3. The van der Waals surface area contributed by atoms with Crippen LogP contribution in [0.15, 0.2) is 36.7 Å². The summed E-state index contributed by atoms with van der Waals surface area (Å²) in [6.07, 6.45) is 1.50. The van der Waals surface area contributed by atoms with E-state index in [1.807, 2.05) is 35.2 Å². The highest BCUT2D eigenvalue weighted by atomic mass is 32.2. The number of piperazine rings is 1.